The third-order valence-electron chi connectivity index (χ3n) is 2.42. The summed E-state index contributed by atoms with van der Waals surface area (Å²) < 4.78 is 5.90. The van der Waals surface area contributed by atoms with Crippen LogP contribution in [0.3, 0.4) is 0 Å². The van der Waals surface area contributed by atoms with Crippen LogP contribution in [0.15, 0.2) is 16.6 Å². The minimum atomic E-state index is -0.936. The summed E-state index contributed by atoms with van der Waals surface area (Å²) in [4.78, 5) is 11.0. The van der Waals surface area contributed by atoms with Gasteiger partial charge in [0.15, 0.2) is 0 Å². The maximum atomic E-state index is 11.0. The van der Waals surface area contributed by atoms with E-state index in [1.165, 1.54) is 0 Å². The molecule has 88 valence electrons. The highest BCUT2D eigenvalue weighted by atomic mass is 79.9. The first-order valence-corrected chi connectivity index (χ1v) is 5.57. The van der Waals surface area contributed by atoms with Gasteiger partial charge in [0.05, 0.1) is 13.0 Å². The van der Waals surface area contributed by atoms with Gasteiger partial charge in [-0.1, -0.05) is 15.9 Å². The van der Waals surface area contributed by atoms with Crippen LogP contribution in [0.2, 0.25) is 0 Å². The maximum Gasteiger partial charge on any atom is 0.312 e. The van der Waals surface area contributed by atoms with Gasteiger partial charge < -0.3 is 15.6 Å². The van der Waals surface area contributed by atoms with Gasteiger partial charge in [-0.2, -0.15) is 0 Å². The van der Waals surface area contributed by atoms with Gasteiger partial charge in [-0.05, 0) is 30.2 Å². The zero-order valence-electron chi connectivity index (χ0n) is 9.16. The molecule has 0 spiro atoms. The van der Waals surface area contributed by atoms with Crippen LogP contribution in [-0.2, 0) is 4.79 Å². The predicted molar refractivity (Wildman–Crippen MR) is 64.9 cm³/mol. The summed E-state index contributed by atoms with van der Waals surface area (Å²) >= 11 is 3.35. The Bertz CT molecular complexity index is 406. The van der Waals surface area contributed by atoms with Crippen LogP contribution in [0.4, 0.5) is 0 Å². The average Bonchev–Trinajstić information content (AvgIpc) is 2.21. The van der Waals surface area contributed by atoms with Crippen molar-refractivity contribution in [3.63, 3.8) is 0 Å². The number of carboxylic acids is 1. The molecule has 5 heteroatoms. The highest BCUT2D eigenvalue weighted by molar-refractivity contribution is 9.10. The summed E-state index contributed by atoms with van der Waals surface area (Å²) in [6.45, 7) is 1.95. The molecule has 1 atom stereocenters. The molecule has 1 aromatic carbocycles. The molecule has 3 N–H and O–H groups in total. The number of aryl methyl sites for hydroxylation is 1. The number of hydrogen-bond acceptors (Lipinski definition) is 3. The van der Waals surface area contributed by atoms with Crippen molar-refractivity contribution in [2.75, 3.05) is 13.7 Å². The second-order valence-corrected chi connectivity index (χ2v) is 4.32. The summed E-state index contributed by atoms with van der Waals surface area (Å²) in [6.07, 6.45) is 0. The van der Waals surface area contributed by atoms with Gasteiger partial charge >= 0.3 is 5.97 Å². The molecule has 1 unspecified atom stereocenters. The molecule has 0 aliphatic heterocycles. The smallest absolute Gasteiger partial charge is 0.312 e. The Labute approximate surface area is 103 Å². The fraction of sp³-hybridized carbons (Fsp3) is 0.364. The number of ether oxygens (including phenoxy) is 1. The lowest BCUT2D eigenvalue weighted by molar-refractivity contribution is -0.138. The normalized spacial score (nSPS) is 12.2. The molecule has 0 aliphatic rings. The molecule has 1 rings (SSSR count). The van der Waals surface area contributed by atoms with Crippen LogP contribution in [0.5, 0.6) is 5.75 Å². The van der Waals surface area contributed by atoms with E-state index in [1.54, 1.807) is 13.2 Å². The zero-order valence-corrected chi connectivity index (χ0v) is 10.7. The zero-order chi connectivity index (χ0) is 12.3. The van der Waals surface area contributed by atoms with E-state index in [1.807, 2.05) is 13.0 Å². The van der Waals surface area contributed by atoms with Gasteiger partial charge in [0.2, 0.25) is 0 Å². The molecule has 0 radical (unpaired) electrons. The van der Waals surface area contributed by atoms with Gasteiger partial charge in [-0.15, -0.1) is 0 Å². The second kappa shape index (κ2) is 5.32. The summed E-state index contributed by atoms with van der Waals surface area (Å²) in [5.74, 6) is -0.990. The van der Waals surface area contributed by atoms with Crippen molar-refractivity contribution in [3.05, 3.63) is 27.7 Å². The Balaban J connectivity index is 3.26. The highest BCUT2D eigenvalue weighted by Gasteiger charge is 2.21. The third-order valence-corrected chi connectivity index (χ3v) is 3.11. The molecule has 4 nitrogen and oxygen atoms in total. The van der Waals surface area contributed by atoms with Crippen molar-refractivity contribution in [3.8, 4) is 5.75 Å². The molecule has 0 bridgehead atoms. The topological polar surface area (TPSA) is 72.5 Å². The number of aliphatic carboxylic acids is 1. The average molecular weight is 288 g/mol. The van der Waals surface area contributed by atoms with Gasteiger partial charge in [0.25, 0.3) is 0 Å². The van der Waals surface area contributed by atoms with Crippen LogP contribution in [0, 0.1) is 6.92 Å². The maximum absolute atomic E-state index is 11.0. The molecule has 0 aliphatic carbocycles. The van der Waals surface area contributed by atoms with Crippen molar-refractivity contribution in [1.29, 1.82) is 0 Å². The number of carbonyl (C=O) groups is 1. The van der Waals surface area contributed by atoms with Gasteiger partial charge in [-0.25, -0.2) is 0 Å². The molecule has 0 fully saturated rings. The van der Waals surface area contributed by atoms with Crippen LogP contribution in [0.1, 0.15) is 17.0 Å². The quantitative estimate of drug-likeness (QED) is 0.887. The van der Waals surface area contributed by atoms with Crippen LogP contribution in [-0.4, -0.2) is 24.7 Å². The van der Waals surface area contributed by atoms with Crippen molar-refractivity contribution in [2.24, 2.45) is 5.73 Å². The lowest BCUT2D eigenvalue weighted by atomic mass is 9.98. The molecule has 0 saturated carbocycles. The summed E-state index contributed by atoms with van der Waals surface area (Å²) in [7, 11) is 1.55. The molecule has 0 heterocycles. The third kappa shape index (κ3) is 2.54. The lowest BCUT2D eigenvalue weighted by Gasteiger charge is -2.15. The molecule has 16 heavy (non-hydrogen) atoms. The molecular formula is C11H14BrNO3. The van der Waals surface area contributed by atoms with Gasteiger partial charge in [0, 0.05) is 11.0 Å². The number of rotatable bonds is 4. The fourth-order valence-electron chi connectivity index (χ4n) is 1.52. The first kappa shape index (κ1) is 13.0. The highest BCUT2D eigenvalue weighted by Crippen LogP contribution is 2.31. The largest absolute Gasteiger partial charge is 0.496 e. The Morgan fingerprint density at radius 1 is 1.62 bits per heavy atom. The van der Waals surface area contributed by atoms with E-state index in [-0.39, 0.29) is 6.54 Å². The minimum Gasteiger partial charge on any atom is -0.496 e. The number of halogens is 1. The Morgan fingerprint density at radius 3 is 2.69 bits per heavy atom. The predicted octanol–water partition coefficient (Wildman–Crippen LogP) is 1.89. The summed E-state index contributed by atoms with van der Waals surface area (Å²) in [5.41, 5.74) is 7.04. The number of benzene rings is 1. The van der Waals surface area contributed by atoms with Crippen LogP contribution < -0.4 is 10.5 Å². The molecule has 1 aromatic rings. The van der Waals surface area contributed by atoms with E-state index in [0.29, 0.717) is 11.3 Å². The standard InChI is InChI=1S/C11H14BrNO3/c1-6-3-9(12)7(4-10(6)16-2)8(5-13)11(14)15/h3-4,8H,5,13H2,1-2H3,(H,14,15). The SMILES string of the molecule is COc1cc(C(CN)C(=O)O)c(Br)cc1C. The van der Waals surface area contributed by atoms with Crippen LogP contribution in [0.25, 0.3) is 0 Å². The first-order chi connectivity index (χ1) is 7.51. The van der Waals surface area contributed by atoms with Crippen molar-refractivity contribution in [2.45, 2.75) is 12.8 Å². The second-order valence-electron chi connectivity index (χ2n) is 3.47. The molecular weight excluding hydrogens is 274 g/mol. The fourth-order valence-corrected chi connectivity index (χ4v) is 2.25. The van der Waals surface area contributed by atoms with E-state index >= 15 is 0 Å². The van der Waals surface area contributed by atoms with Crippen molar-refractivity contribution < 1.29 is 14.6 Å². The van der Waals surface area contributed by atoms with E-state index < -0.39 is 11.9 Å². The van der Waals surface area contributed by atoms with Crippen molar-refractivity contribution >= 4 is 21.9 Å². The first-order valence-electron chi connectivity index (χ1n) is 4.78. The van der Waals surface area contributed by atoms with Gasteiger partial charge in [0.1, 0.15) is 5.75 Å². The van der Waals surface area contributed by atoms with E-state index in [0.717, 1.165) is 10.0 Å². The van der Waals surface area contributed by atoms with Crippen LogP contribution >= 0.6 is 15.9 Å². The van der Waals surface area contributed by atoms with E-state index in [4.69, 9.17) is 15.6 Å². The van der Waals surface area contributed by atoms with Gasteiger partial charge in [-0.3, -0.25) is 4.79 Å². The molecule has 0 amide bonds. The Kier molecular flexibility index (Phi) is 4.32. The van der Waals surface area contributed by atoms with E-state index in [2.05, 4.69) is 15.9 Å². The number of nitrogens with two attached hydrogens (primary N) is 1. The minimum absolute atomic E-state index is 0.0557. The number of carboxylic acid groups (broad SMARTS) is 1. The van der Waals surface area contributed by atoms with Crippen molar-refractivity contribution in [1.82, 2.24) is 0 Å². The molecule has 0 saturated heterocycles. The monoisotopic (exact) mass is 287 g/mol. The number of hydrogen-bond donors (Lipinski definition) is 2. The number of methoxy groups -OCH3 is 1. The Hall–Kier alpha value is -1.07. The summed E-state index contributed by atoms with van der Waals surface area (Å²) in [5, 5.41) is 9.04. The lowest BCUT2D eigenvalue weighted by Crippen LogP contribution is -2.21. The Morgan fingerprint density at radius 2 is 2.25 bits per heavy atom. The molecule has 0 aromatic heterocycles. The van der Waals surface area contributed by atoms with E-state index in [9.17, 15) is 4.79 Å². The summed E-state index contributed by atoms with van der Waals surface area (Å²) in [6, 6.07) is 3.55.